The van der Waals surface area contributed by atoms with Crippen LogP contribution in [0.2, 0.25) is 0 Å². The van der Waals surface area contributed by atoms with Gasteiger partial charge in [-0.2, -0.15) is 0 Å². The maximum Gasteiger partial charge on any atom is 0.311 e. The highest BCUT2D eigenvalue weighted by Crippen LogP contribution is 2.54. The van der Waals surface area contributed by atoms with E-state index in [-0.39, 0.29) is 35.5 Å². The van der Waals surface area contributed by atoms with E-state index >= 15 is 0 Å². The van der Waals surface area contributed by atoms with Gasteiger partial charge < -0.3 is 28.4 Å². The Kier molecular flexibility index (Phi) is 4.69. The molecule has 0 aromatic heterocycles. The third-order valence-corrected chi connectivity index (χ3v) is 7.00. The van der Waals surface area contributed by atoms with Gasteiger partial charge in [0.05, 0.1) is 27.2 Å². The molecule has 2 aromatic carbocycles. The summed E-state index contributed by atoms with van der Waals surface area (Å²) in [5, 5.41) is -0.335. The van der Waals surface area contributed by atoms with Gasteiger partial charge in [-0.05, 0) is 63.3 Å². The minimum Gasteiger partial charge on any atom is -0.493 e. The maximum atomic E-state index is 12.9. The summed E-state index contributed by atoms with van der Waals surface area (Å²) in [6.07, 6.45) is 0.708. The van der Waals surface area contributed by atoms with Crippen LogP contribution in [0.4, 0.5) is 0 Å². The molecule has 2 aliphatic heterocycles. The van der Waals surface area contributed by atoms with Crippen LogP contribution in [0.5, 0.6) is 28.7 Å². The van der Waals surface area contributed by atoms with Gasteiger partial charge in [-0.15, -0.1) is 0 Å². The standard InChI is InChI=1S/C22H21BrO7/c1-25-16-6-11(7-17(26-2)20(16)27-3)18-12-8-15-14(28-9-29-15)5-10(12)4-13-19(18)22(24)30-21(13)23/h5-8,13,18-19,21H,4,9H2,1-3H3/t13-,18-,19+,21?/m1/s1. The molecular weight excluding hydrogens is 456 g/mol. The smallest absolute Gasteiger partial charge is 0.311 e. The highest BCUT2D eigenvalue weighted by molar-refractivity contribution is 9.09. The lowest BCUT2D eigenvalue weighted by molar-refractivity contribution is -0.142. The Balaban J connectivity index is 1.72. The van der Waals surface area contributed by atoms with E-state index in [2.05, 4.69) is 15.9 Å². The van der Waals surface area contributed by atoms with Gasteiger partial charge in [-0.1, -0.05) is 0 Å². The van der Waals surface area contributed by atoms with Gasteiger partial charge in [-0.25, -0.2) is 0 Å². The lowest BCUT2D eigenvalue weighted by Crippen LogP contribution is -2.32. The molecule has 1 fully saturated rings. The van der Waals surface area contributed by atoms with Crippen molar-refractivity contribution in [3.05, 3.63) is 41.0 Å². The average molecular weight is 477 g/mol. The van der Waals surface area contributed by atoms with Crippen molar-refractivity contribution in [2.75, 3.05) is 28.1 Å². The van der Waals surface area contributed by atoms with E-state index in [1.807, 2.05) is 24.3 Å². The summed E-state index contributed by atoms with van der Waals surface area (Å²) in [5.74, 6) is 2.18. The van der Waals surface area contributed by atoms with Gasteiger partial charge in [0.1, 0.15) is 0 Å². The molecule has 0 bridgehead atoms. The van der Waals surface area contributed by atoms with Crippen molar-refractivity contribution >= 4 is 21.9 Å². The number of cyclic esters (lactones) is 1. The first-order chi connectivity index (χ1) is 14.5. The summed E-state index contributed by atoms with van der Waals surface area (Å²) < 4.78 is 33.4. The second-order valence-corrected chi connectivity index (χ2v) is 8.42. The third-order valence-electron chi connectivity index (χ3n) is 6.13. The largest absolute Gasteiger partial charge is 0.493 e. The van der Waals surface area contributed by atoms with Gasteiger partial charge in [-0.3, -0.25) is 4.79 Å². The zero-order valence-electron chi connectivity index (χ0n) is 16.8. The second kappa shape index (κ2) is 7.27. The number of hydrogen-bond acceptors (Lipinski definition) is 7. The van der Waals surface area contributed by atoms with Crippen molar-refractivity contribution < 1.29 is 33.2 Å². The Morgan fingerprint density at radius 3 is 2.27 bits per heavy atom. The number of hydrogen-bond donors (Lipinski definition) is 0. The Morgan fingerprint density at radius 2 is 1.63 bits per heavy atom. The Morgan fingerprint density at radius 1 is 0.967 bits per heavy atom. The molecular formula is C22H21BrO7. The predicted octanol–water partition coefficient (Wildman–Crippen LogP) is 3.64. The molecule has 4 atom stereocenters. The zero-order chi connectivity index (χ0) is 21.0. The van der Waals surface area contributed by atoms with Crippen molar-refractivity contribution in [1.29, 1.82) is 0 Å². The van der Waals surface area contributed by atoms with Crippen LogP contribution in [0, 0.1) is 11.8 Å². The van der Waals surface area contributed by atoms with Crippen molar-refractivity contribution in [2.24, 2.45) is 11.8 Å². The van der Waals surface area contributed by atoms with Crippen LogP contribution in [0.1, 0.15) is 22.6 Å². The summed E-state index contributed by atoms with van der Waals surface area (Å²) in [7, 11) is 4.72. The zero-order valence-corrected chi connectivity index (χ0v) is 18.4. The molecule has 0 amide bonds. The van der Waals surface area contributed by atoms with Crippen LogP contribution in [-0.4, -0.2) is 39.1 Å². The molecule has 30 heavy (non-hydrogen) atoms. The molecule has 0 spiro atoms. The van der Waals surface area contributed by atoms with Crippen molar-refractivity contribution in [3.8, 4) is 28.7 Å². The van der Waals surface area contributed by atoms with E-state index in [1.54, 1.807) is 21.3 Å². The molecule has 0 N–H and O–H groups in total. The van der Waals surface area contributed by atoms with Crippen LogP contribution >= 0.6 is 15.9 Å². The first kappa shape index (κ1) is 19.4. The van der Waals surface area contributed by atoms with Gasteiger partial charge in [0, 0.05) is 11.8 Å². The van der Waals surface area contributed by atoms with Crippen LogP contribution < -0.4 is 23.7 Å². The Bertz CT molecular complexity index is 996. The van der Waals surface area contributed by atoms with Gasteiger partial charge in [0.15, 0.2) is 28.0 Å². The summed E-state index contributed by atoms with van der Waals surface area (Å²) in [4.78, 5) is 12.9. The number of esters is 1. The number of methoxy groups -OCH3 is 3. The van der Waals surface area contributed by atoms with Crippen LogP contribution in [-0.2, 0) is 16.0 Å². The van der Waals surface area contributed by atoms with Crippen LogP contribution in [0.25, 0.3) is 0 Å². The molecule has 2 aromatic rings. The minimum absolute atomic E-state index is 0.00513. The number of alkyl halides is 1. The number of halogens is 1. The lowest BCUT2D eigenvalue weighted by Gasteiger charge is -2.34. The molecule has 0 saturated carbocycles. The van der Waals surface area contributed by atoms with Crippen molar-refractivity contribution in [3.63, 3.8) is 0 Å². The topological polar surface area (TPSA) is 72.5 Å². The van der Waals surface area contributed by atoms with Crippen molar-refractivity contribution in [1.82, 2.24) is 0 Å². The maximum absolute atomic E-state index is 12.9. The molecule has 158 valence electrons. The number of rotatable bonds is 4. The molecule has 7 nitrogen and oxygen atoms in total. The van der Waals surface area contributed by atoms with Gasteiger partial charge in [0.25, 0.3) is 0 Å². The van der Waals surface area contributed by atoms with Crippen LogP contribution in [0.15, 0.2) is 24.3 Å². The molecule has 1 saturated heterocycles. The van der Waals surface area contributed by atoms with E-state index in [0.29, 0.717) is 29.4 Å². The normalized spacial score (nSPS) is 25.9. The fourth-order valence-corrected chi connectivity index (χ4v) is 5.50. The van der Waals surface area contributed by atoms with E-state index in [0.717, 1.165) is 22.4 Å². The number of carbonyl (C=O) groups is 1. The summed E-state index contributed by atoms with van der Waals surface area (Å²) in [5.41, 5.74) is 3.02. The van der Waals surface area contributed by atoms with Gasteiger partial charge in [0.2, 0.25) is 12.5 Å². The predicted molar refractivity (Wildman–Crippen MR) is 110 cm³/mol. The number of carbonyl (C=O) groups excluding carboxylic acids is 1. The molecule has 3 aliphatic rings. The highest BCUT2D eigenvalue weighted by atomic mass is 79.9. The first-order valence-electron chi connectivity index (χ1n) is 9.62. The summed E-state index contributed by atoms with van der Waals surface area (Å²) in [6.45, 7) is 0.197. The summed E-state index contributed by atoms with van der Waals surface area (Å²) >= 11 is 3.55. The number of ether oxygens (including phenoxy) is 6. The quantitative estimate of drug-likeness (QED) is 0.492. The fraction of sp³-hybridized carbons (Fsp3) is 0.409. The van der Waals surface area contributed by atoms with Crippen LogP contribution in [0.3, 0.4) is 0 Å². The second-order valence-electron chi connectivity index (χ2n) is 7.52. The molecule has 8 heteroatoms. The highest BCUT2D eigenvalue weighted by Gasteiger charge is 2.52. The average Bonchev–Trinajstić information content (AvgIpc) is 3.32. The molecule has 0 radical (unpaired) electrons. The van der Waals surface area contributed by atoms with Crippen molar-refractivity contribution in [2.45, 2.75) is 17.4 Å². The van der Waals surface area contributed by atoms with E-state index in [9.17, 15) is 4.79 Å². The molecule has 1 aliphatic carbocycles. The third kappa shape index (κ3) is 2.80. The molecule has 1 unspecified atom stereocenters. The minimum atomic E-state index is -0.343. The monoisotopic (exact) mass is 476 g/mol. The Labute approximate surface area is 182 Å². The SMILES string of the molecule is COc1cc([C@@H]2c3cc4c(cc3C[C@H]3C(Br)OC(=O)[C@H]23)OCO4)cc(OC)c1OC. The first-order valence-corrected chi connectivity index (χ1v) is 10.5. The van der Waals surface area contributed by atoms with Gasteiger partial charge >= 0.3 is 5.97 Å². The number of benzene rings is 2. The molecule has 5 rings (SSSR count). The number of fused-ring (bicyclic) bond motifs is 3. The van der Waals surface area contributed by atoms with E-state index in [1.165, 1.54) is 0 Å². The Hall–Kier alpha value is -2.61. The summed E-state index contributed by atoms with van der Waals surface area (Å²) in [6, 6.07) is 7.80. The fourth-order valence-electron chi connectivity index (χ4n) is 4.80. The lowest BCUT2D eigenvalue weighted by atomic mass is 9.67. The van der Waals surface area contributed by atoms with E-state index in [4.69, 9.17) is 28.4 Å². The van der Waals surface area contributed by atoms with E-state index < -0.39 is 0 Å². The molecule has 2 heterocycles.